The van der Waals surface area contributed by atoms with Gasteiger partial charge in [0.1, 0.15) is 30.3 Å². The molecule has 4 heteroatoms. The van der Waals surface area contributed by atoms with E-state index < -0.39 is 0 Å². The van der Waals surface area contributed by atoms with Crippen LogP contribution in [0.2, 0.25) is 0 Å². The largest absolute Gasteiger partial charge is 0.497 e. The van der Waals surface area contributed by atoms with E-state index in [1.165, 1.54) is 0 Å². The third kappa shape index (κ3) is 2.61. The molecule has 1 aromatic carbocycles. The molecule has 0 unspecified atom stereocenters. The van der Waals surface area contributed by atoms with Crippen LogP contribution in [0, 0.1) is 0 Å². The van der Waals surface area contributed by atoms with Gasteiger partial charge >= 0.3 is 0 Å². The lowest BCUT2D eigenvalue weighted by atomic mass is 10.3. The maximum Gasteiger partial charge on any atom is 0.120 e. The molecule has 4 nitrogen and oxygen atoms in total. The van der Waals surface area contributed by atoms with E-state index in [0.717, 1.165) is 11.5 Å². The Hall–Kier alpha value is -1.26. The molecular formula is C11H14O4. The summed E-state index contributed by atoms with van der Waals surface area (Å²) in [6, 6.07) is 7.36. The van der Waals surface area contributed by atoms with Crippen molar-refractivity contribution in [3.63, 3.8) is 0 Å². The third-order valence-electron chi connectivity index (χ3n) is 2.34. The lowest BCUT2D eigenvalue weighted by molar-refractivity contribution is 0.233. The Bertz CT molecular complexity index is 309. The molecule has 1 N–H and O–H groups in total. The SMILES string of the molecule is COc1ccc(OC[C@H]2O[C@@H]2CO)cc1. The van der Waals surface area contributed by atoms with Crippen molar-refractivity contribution in [2.24, 2.45) is 0 Å². The van der Waals surface area contributed by atoms with E-state index in [9.17, 15) is 0 Å². The number of aliphatic hydroxyl groups is 1. The van der Waals surface area contributed by atoms with Gasteiger partial charge in [-0.3, -0.25) is 0 Å². The molecule has 0 aliphatic carbocycles. The Balaban J connectivity index is 1.79. The van der Waals surface area contributed by atoms with E-state index in [1.807, 2.05) is 24.3 Å². The molecule has 1 heterocycles. The van der Waals surface area contributed by atoms with Crippen LogP contribution in [0.3, 0.4) is 0 Å². The standard InChI is InChI=1S/C11H14O4/c1-13-8-2-4-9(5-3-8)14-7-11-10(6-12)15-11/h2-5,10-12H,6-7H2,1H3/t10-,11-/m1/s1. The molecule has 2 atom stereocenters. The van der Waals surface area contributed by atoms with Crippen LogP contribution >= 0.6 is 0 Å². The molecule has 1 fully saturated rings. The van der Waals surface area contributed by atoms with Crippen molar-refractivity contribution in [3.8, 4) is 11.5 Å². The van der Waals surface area contributed by atoms with Crippen molar-refractivity contribution >= 4 is 0 Å². The second-order valence-electron chi connectivity index (χ2n) is 3.38. The van der Waals surface area contributed by atoms with E-state index in [0.29, 0.717) is 6.61 Å². The number of benzene rings is 1. The van der Waals surface area contributed by atoms with Gasteiger partial charge in [0.05, 0.1) is 13.7 Å². The van der Waals surface area contributed by atoms with Crippen molar-refractivity contribution in [3.05, 3.63) is 24.3 Å². The van der Waals surface area contributed by atoms with E-state index >= 15 is 0 Å². The van der Waals surface area contributed by atoms with Crippen molar-refractivity contribution in [1.82, 2.24) is 0 Å². The lowest BCUT2D eigenvalue weighted by Crippen LogP contribution is -2.09. The Labute approximate surface area is 88.4 Å². The van der Waals surface area contributed by atoms with Gasteiger partial charge in [0.15, 0.2) is 0 Å². The third-order valence-corrected chi connectivity index (χ3v) is 2.34. The number of ether oxygens (including phenoxy) is 3. The quantitative estimate of drug-likeness (QED) is 0.731. The molecule has 1 aliphatic heterocycles. The van der Waals surface area contributed by atoms with Crippen LogP contribution in [0.25, 0.3) is 0 Å². The first-order valence-corrected chi connectivity index (χ1v) is 4.86. The van der Waals surface area contributed by atoms with Crippen LogP contribution in [0.1, 0.15) is 0 Å². The van der Waals surface area contributed by atoms with Gasteiger partial charge in [0.25, 0.3) is 0 Å². The summed E-state index contributed by atoms with van der Waals surface area (Å²) in [5.41, 5.74) is 0. The number of rotatable bonds is 5. The summed E-state index contributed by atoms with van der Waals surface area (Å²) < 4.78 is 15.6. The molecule has 1 aromatic rings. The maximum absolute atomic E-state index is 8.74. The minimum Gasteiger partial charge on any atom is -0.497 e. The Morgan fingerprint density at radius 1 is 1.20 bits per heavy atom. The first kappa shape index (κ1) is 10.3. The van der Waals surface area contributed by atoms with Crippen molar-refractivity contribution in [2.45, 2.75) is 12.2 Å². The molecule has 15 heavy (non-hydrogen) atoms. The summed E-state index contributed by atoms with van der Waals surface area (Å²) in [6.07, 6.45) is 0.000324. The van der Waals surface area contributed by atoms with Gasteiger partial charge < -0.3 is 19.3 Å². The van der Waals surface area contributed by atoms with Crippen LogP contribution in [0.15, 0.2) is 24.3 Å². The van der Waals surface area contributed by atoms with Crippen LogP contribution in [-0.2, 0) is 4.74 Å². The summed E-state index contributed by atoms with van der Waals surface area (Å²) in [6.45, 7) is 0.550. The fourth-order valence-electron chi connectivity index (χ4n) is 1.34. The Morgan fingerprint density at radius 3 is 2.40 bits per heavy atom. The van der Waals surface area contributed by atoms with Gasteiger partial charge in [0, 0.05) is 0 Å². The molecular weight excluding hydrogens is 196 g/mol. The van der Waals surface area contributed by atoms with Gasteiger partial charge in [0.2, 0.25) is 0 Å². The normalized spacial score (nSPS) is 23.6. The highest BCUT2D eigenvalue weighted by atomic mass is 16.6. The predicted octanol–water partition coefficient (Wildman–Crippen LogP) is 0.834. The fourth-order valence-corrected chi connectivity index (χ4v) is 1.34. The van der Waals surface area contributed by atoms with Crippen molar-refractivity contribution in [2.75, 3.05) is 20.3 Å². The zero-order valence-electron chi connectivity index (χ0n) is 8.55. The van der Waals surface area contributed by atoms with Gasteiger partial charge in [-0.15, -0.1) is 0 Å². The minimum absolute atomic E-state index is 0.0387. The van der Waals surface area contributed by atoms with E-state index in [4.69, 9.17) is 19.3 Å². The minimum atomic E-state index is -0.0387. The molecule has 2 rings (SSSR count). The zero-order valence-corrected chi connectivity index (χ0v) is 8.55. The molecule has 0 saturated carbocycles. The van der Waals surface area contributed by atoms with Crippen LogP contribution in [0.5, 0.6) is 11.5 Å². The summed E-state index contributed by atoms with van der Waals surface area (Å²) in [5.74, 6) is 1.58. The van der Waals surface area contributed by atoms with Crippen molar-refractivity contribution < 1.29 is 19.3 Å². The molecule has 0 aromatic heterocycles. The average Bonchev–Trinajstić information content (AvgIpc) is 3.06. The zero-order chi connectivity index (χ0) is 10.7. The maximum atomic E-state index is 8.74. The van der Waals surface area contributed by atoms with E-state index in [-0.39, 0.29) is 18.8 Å². The Morgan fingerprint density at radius 2 is 1.87 bits per heavy atom. The topological polar surface area (TPSA) is 51.2 Å². The van der Waals surface area contributed by atoms with Crippen LogP contribution < -0.4 is 9.47 Å². The highest BCUT2D eigenvalue weighted by molar-refractivity contribution is 5.31. The number of aliphatic hydroxyl groups excluding tert-OH is 1. The van der Waals surface area contributed by atoms with Gasteiger partial charge in [-0.2, -0.15) is 0 Å². The monoisotopic (exact) mass is 210 g/mol. The fraction of sp³-hybridized carbons (Fsp3) is 0.455. The molecule has 0 spiro atoms. The summed E-state index contributed by atoms with van der Waals surface area (Å²) in [5, 5.41) is 8.74. The van der Waals surface area contributed by atoms with Gasteiger partial charge in [-0.25, -0.2) is 0 Å². The summed E-state index contributed by atoms with van der Waals surface area (Å²) >= 11 is 0. The number of methoxy groups -OCH3 is 1. The second kappa shape index (κ2) is 4.51. The molecule has 1 saturated heterocycles. The van der Waals surface area contributed by atoms with Gasteiger partial charge in [-0.1, -0.05) is 0 Å². The molecule has 1 aliphatic rings. The summed E-state index contributed by atoms with van der Waals surface area (Å²) in [7, 11) is 1.62. The lowest BCUT2D eigenvalue weighted by Gasteiger charge is -2.04. The first-order valence-electron chi connectivity index (χ1n) is 4.86. The average molecular weight is 210 g/mol. The van der Waals surface area contributed by atoms with Crippen LogP contribution in [-0.4, -0.2) is 37.6 Å². The molecule has 0 bridgehead atoms. The predicted molar refractivity (Wildman–Crippen MR) is 54.2 cm³/mol. The van der Waals surface area contributed by atoms with E-state index in [1.54, 1.807) is 7.11 Å². The summed E-state index contributed by atoms with van der Waals surface area (Å²) in [4.78, 5) is 0. The van der Waals surface area contributed by atoms with Gasteiger partial charge in [-0.05, 0) is 24.3 Å². The number of hydrogen-bond acceptors (Lipinski definition) is 4. The van der Waals surface area contributed by atoms with Crippen LogP contribution in [0.4, 0.5) is 0 Å². The van der Waals surface area contributed by atoms with E-state index in [2.05, 4.69) is 0 Å². The molecule has 0 amide bonds. The first-order chi connectivity index (χ1) is 7.33. The van der Waals surface area contributed by atoms with Crippen molar-refractivity contribution in [1.29, 1.82) is 0 Å². The highest BCUT2D eigenvalue weighted by Gasteiger charge is 2.38. The number of hydrogen-bond donors (Lipinski definition) is 1. The Kier molecular flexibility index (Phi) is 3.08. The second-order valence-corrected chi connectivity index (χ2v) is 3.38. The molecule has 82 valence electrons. The smallest absolute Gasteiger partial charge is 0.120 e. The molecule has 0 radical (unpaired) electrons. The number of epoxide rings is 1. The highest BCUT2D eigenvalue weighted by Crippen LogP contribution is 2.23.